The third-order valence-electron chi connectivity index (χ3n) is 5.41. The number of hydrogen-bond acceptors (Lipinski definition) is 8. The Bertz CT molecular complexity index is 1080. The first-order valence-electron chi connectivity index (χ1n) is 11.7. The maximum absolute atomic E-state index is 13.1. The fourth-order valence-corrected chi connectivity index (χ4v) is 4.36. The lowest BCUT2D eigenvalue weighted by Crippen LogP contribution is -2.54. The first-order chi connectivity index (χ1) is 17.6. The molecule has 1 aromatic carbocycles. The summed E-state index contributed by atoms with van der Waals surface area (Å²) < 4.78 is 10.5. The molecule has 10 nitrogen and oxygen atoms in total. The number of nitrogens with one attached hydrogen (secondary N) is 2. The fraction of sp³-hybridized carbons (Fsp3) is 0.423. The van der Waals surface area contributed by atoms with E-state index in [0.29, 0.717) is 22.8 Å². The van der Waals surface area contributed by atoms with Gasteiger partial charge in [-0.25, -0.2) is 0 Å². The van der Waals surface area contributed by atoms with Crippen molar-refractivity contribution in [3.8, 4) is 11.5 Å². The van der Waals surface area contributed by atoms with Crippen LogP contribution in [0.2, 0.25) is 0 Å². The van der Waals surface area contributed by atoms with E-state index < -0.39 is 42.1 Å². The molecule has 0 aliphatic rings. The van der Waals surface area contributed by atoms with E-state index in [-0.39, 0.29) is 18.1 Å². The molecule has 11 heteroatoms. The minimum absolute atomic E-state index is 0.00312. The monoisotopic (exact) mass is 531 g/mol. The van der Waals surface area contributed by atoms with Crippen LogP contribution in [-0.4, -0.2) is 65.7 Å². The second kappa shape index (κ2) is 14.8. The number of rotatable bonds is 15. The zero-order valence-electron chi connectivity index (χ0n) is 21.4. The summed E-state index contributed by atoms with van der Waals surface area (Å²) in [6.07, 6.45) is 1.02. The Morgan fingerprint density at radius 3 is 2.41 bits per heavy atom. The van der Waals surface area contributed by atoms with Crippen LogP contribution < -0.4 is 20.1 Å². The van der Waals surface area contributed by atoms with Gasteiger partial charge in [0.1, 0.15) is 17.5 Å². The zero-order valence-corrected chi connectivity index (χ0v) is 22.2. The molecular formula is C26H33N3O7S. The molecule has 0 aliphatic carbocycles. The Kier molecular flexibility index (Phi) is 11.9. The van der Waals surface area contributed by atoms with Crippen LogP contribution in [0.1, 0.15) is 31.5 Å². The van der Waals surface area contributed by atoms with Crippen molar-refractivity contribution in [1.29, 1.82) is 0 Å². The molecule has 1 unspecified atom stereocenters. The van der Waals surface area contributed by atoms with E-state index in [0.717, 1.165) is 5.69 Å². The van der Waals surface area contributed by atoms with Crippen LogP contribution in [0.25, 0.3) is 0 Å². The first-order valence-corrected chi connectivity index (χ1v) is 12.8. The number of benzene rings is 1. The molecule has 0 saturated heterocycles. The van der Waals surface area contributed by atoms with Gasteiger partial charge >= 0.3 is 5.97 Å². The van der Waals surface area contributed by atoms with Crippen molar-refractivity contribution < 1.29 is 33.8 Å². The maximum atomic E-state index is 13.1. The predicted molar refractivity (Wildman–Crippen MR) is 140 cm³/mol. The molecule has 2 rings (SSSR count). The van der Waals surface area contributed by atoms with E-state index in [1.54, 1.807) is 44.3 Å². The molecule has 2 amide bonds. The van der Waals surface area contributed by atoms with Gasteiger partial charge in [0.2, 0.25) is 11.8 Å². The number of carbonyl (C=O) groups excluding carboxylic acids is 3. The number of pyridine rings is 1. The second-order valence-corrected chi connectivity index (χ2v) is 9.57. The molecule has 1 aromatic heterocycles. The van der Waals surface area contributed by atoms with E-state index in [4.69, 9.17) is 9.47 Å². The van der Waals surface area contributed by atoms with Gasteiger partial charge < -0.3 is 25.2 Å². The number of carboxylic acids is 1. The van der Waals surface area contributed by atoms with Gasteiger partial charge in [-0.15, -0.1) is 11.8 Å². The van der Waals surface area contributed by atoms with E-state index >= 15 is 0 Å². The predicted octanol–water partition coefficient (Wildman–Crippen LogP) is 2.24. The van der Waals surface area contributed by atoms with Gasteiger partial charge in [0.15, 0.2) is 5.78 Å². The van der Waals surface area contributed by atoms with E-state index in [9.17, 15) is 24.3 Å². The summed E-state index contributed by atoms with van der Waals surface area (Å²) in [7, 11) is 3.00. The van der Waals surface area contributed by atoms with Crippen LogP contribution in [0.4, 0.5) is 0 Å². The molecule has 0 spiro atoms. The van der Waals surface area contributed by atoms with Gasteiger partial charge in [0, 0.05) is 17.5 Å². The first kappa shape index (κ1) is 29.6. The van der Waals surface area contributed by atoms with E-state index in [1.165, 1.54) is 26.0 Å². The zero-order chi connectivity index (χ0) is 27.4. The lowest BCUT2D eigenvalue weighted by Gasteiger charge is -2.24. The summed E-state index contributed by atoms with van der Waals surface area (Å²) in [5.41, 5.74) is 1.36. The third-order valence-corrected chi connectivity index (χ3v) is 6.40. The van der Waals surface area contributed by atoms with Crippen molar-refractivity contribution in [3.05, 3.63) is 53.9 Å². The number of aromatic nitrogens is 1. The lowest BCUT2D eigenvalue weighted by molar-refractivity contribution is -0.140. The molecule has 0 bridgehead atoms. The number of nitrogens with zero attached hydrogens (tertiary/aromatic N) is 1. The van der Waals surface area contributed by atoms with Gasteiger partial charge in [-0.1, -0.05) is 19.9 Å². The maximum Gasteiger partial charge on any atom is 0.305 e. The molecule has 0 radical (unpaired) electrons. The molecule has 0 aliphatic heterocycles. The Hall–Kier alpha value is -3.60. The van der Waals surface area contributed by atoms with Crippen LogP contribution >= 0.6 is 11.8 Å². The van der Waals surface area contributed by atoms with Gasteiger partial charge in [0.25, 0.3) is 0 Å². The largest absolute Gasteiger partial charge is 0.497 e. The van der Waals surface area contributed by atoms with Crippen molar-refractivity contribution in [2.24, 2.45) is 5.92 Å². The van der Waals surface area contributed by atoms with Crippen molar-refractivity contribution in [1.82, 2.24) is 15.6 Å². The number of aliphatic carboxylic acids is 1. The molecule has 1 heterocycles. The number of ketones is 1. The minimum Gasteiger partial charge on any atom is -0.497 e. The molecule has 3 N–H and O–H groups in total. The van der Waals surface area contributed by atoms with Crippen LogP contribution in [0.3, 0.4) is 0 Å². The summed E-state index contributed by atoms with van der Waals surface area (Å²) in [5, 5.41) is 14.5. The molecule has 0 saturated carbocycles. The van der Waals surface area contributed by atoms with Gasteiger partial charge in [0.05, 0.1) is 44.5 Å². The summed E-state index contributed by atoms with van der Waals surface area (Å²) in [4.78, 5) is 54.2. The normalized spacial score (nSPS) is 12.4. The van der Waals surface area contributed by atoms with Gasteiger partial charge in [-0.3, -0.25) is 24.2 Å². The van der Waals surface area contributed by atoms with Crippen LogP contribution in [0.5, 0.6) is 11.5 Å². The number of carbonyl (C=O) groups is 4. The minimum atomic E-state index is -1.22. The van der Waals surface area contributed by atoms with Crippen molar-refractivity contribution in [2.75, 3.05) is 20.0 Å². The van der Waals surface area contributed by atoms with E-state index in [2.05, 4.69) is 15.6 Å². The summed E-state index contributed by atoms with van der Waals surface area (Å²) in [6, 6.07) is 8.31. The molecular weight excluding hydrogens is 498 g/mol. The second-order valence-electron chi connectivity index (χ2n) is 8.58. The van der Waals surface area contributed by atoms with Gasteiger partial charge in [-0.05, 0) is 36.2 Å². The highest BCUT2D eigenvalue weighted by Crippen LogP contribution is 2.24. The highest BCUT2D eigenvalue weighted by atomic mass is 32.2. The van der Waals surface area contributed by atoms with Crippen molar-refractivity contribution >= 4 is 35.3 Å². The quantitative estimate of drug-likeness (QED) is 0.315. The average Bonchev–Trinajstić information content (AvgIpc) is 2.86. The summed E-state index contributed by atoms with van der Waals surface area (Å²) in [6.45, 7) is 3.49. The smallest absolute Gasteiger partial charge is 0.305 e. The molecule has 2 atom stereocenters. The number of Topliss-reactive ketones (excluding diaryl/α,β-unsaturated/α-hetero) is 1. The van der Waals surface area contributed by atoms with E-state index in [1.807, 2.05) is 12.1 Å². The van der Waals surface area contributed by atoms with Gasteiger partial charge in [-0.2, -0.15) is 0 Å². The molecule has 37 heavy (non-hydrogen) atoms. The standard InChI is InChI=1S/C26H33N3O7S/c1-16(2)25(29-23(31)12-17-11-19(35-3)8-9-22(17)36-4)26(34)28-20(13-24(32)33)21(30)15-37-14-18-7-5-6-10-27-18/h5-11,16,20,25H,12-15H2,1-4H3,(H,28,34)(H,29,31)(H,32,33)/t20?,25-/m0/s1. The van der Waals surface area contributed by atoms with Crippen LogP contribution in [-0.2, 0) is 31.4 Å². The topological polar surface area (TPSA) is 144 Å². The SMILES string of the molecule is COc1ccc(OC)c(CC(=O)N[C@H](C(=O)NC(CC(=O)O)C(=O)CSCc2ccccn2)C(C)C)c1. The van der Waals surface area contributed by atoms with Crippen molar-refractivity contribution in [2.45, 2.75) is 44.5 Å². The number of carboxylic acid groups (broad SMARTS) is 1. The third kappa shape index (κ3) is 9.76. The Morgan fingerprint density at radius 1 is 1.05 bits per heavy atom. The lowest BCUT2D eigenvalue weighted by atomic mass is 10.0. The van der Waals surface area contributed by atoms with Crippen molar-refractivity contribution in [3.63, 3.8) is 0 Å². The Morgan fingerprint density at radius 2 is 1.81 bits per heavy atom. The number of methoxy groups -OCH3 is 2. The highest BCUT2D eigenvalue weighted by Gasteiger charge is 2.30. The average molecular weight is 532 g/mol. The number of ether oxygens (including phenoxy) is 2. The molecule has 200 valence electrons. The Labute approximate surface area is 220 Å². The number of amides is 2. The highest BCUT2D eigenvalue weighted by molar-refractivity contribution is 7.99. The Balaban J connectivity index is 2.04. The molecule has 0 fully saturated rings. The summed E-state index contributed by atoms with van der Waals surface area (Å²) in [5.74, 6) is -1.51. The fourth-order valence-electron chi connectivity index (χ4n) is 3.47. The molecule has 2 aromatic rings. The number of hydrogen-bond donors (Lipinski definition) is 3. The van der Waals surface area contributed by atoms with Crippen LogP contribution in [0, 0.1) is 5.92 Å². The summed E-state index contributed by atoms with van der Waals surface area (Å²) >= 11 is 1.28. The number of thioether (sulfide) groups is 1. The van der Waals surface area contributed by atoms with Crippen LogP contribution in [0.15, 0.2) is 42.6 Å².